The number of ether oxygens (including phenoxy) is 2. The maximum Gasteiger partial charge on any atom is 0.245 e. The smallest absolute Gasteiger partial charge is 0.245 e. The van der Waals surface area contributed by atoms with E-state index >= 15 is 0 Å². The van der Waals surface area contributed by atoms with Crippen molar-refractivity contribution in [3.8, 4) is 0 Å². The lowest BCUT2D eigenvalue weighted by molar-refractivity contribution is -0.230. The van der Waals surface area contributed by atoms with Gasteiger partial charge in [0, 0.05) is 24.0 Å². The molecule has 1 heterocycles. The molecule has 0 aliphatic carbocycles. The van der Waals surface area contributed by atoms with Crippen LogP contribution in [0.25, 0.3) is 11.4 Å². The lowest BCUT2D eigenvalue weighted by atomic mass is 9.96. The van der Waals surface area contributed by atoms with Gasteiger partial charge in [0.05, 0.1) is 63.0 Å². The molecule has 0 radical (unpaired) electrons. The Hall–Kier alpha value is -6.05. The Morgan fingerprint density at radius 2 is 1.39 bits per heavy atom. The number of hydrogen-bond donors (Lipinski definition) is 13. The number of anilines is 1. The van der Waals surface area contributed by atoms with Gasteiger partial charge in [0.1, 0.15) is 30.8 Å². The minimum atomic E-state index is -1.91. The van der Waals surface area contributed by atoms with Gasteiger partial charge in [-0.2, -0.15) is 5.48 Å². The van der Waals surface area contributed by atoms with Crippen molar-refractivity contribution in [2.45, 2.75) is 50.8 Å². The van der Waals surface area contributed by atoms with Gasteiger partial charge in [-0.3, -0.25) is 39.4 Å². The summed E-state index contributed by atoms with van der Waals surface area (Å²) in [6.45, 7) is -2.98. The number of carbonyl (C=O) groups excluding carboxylic acids is 7. The van der Waals surface area contributed by atoms with Gasteiger partial charge in [0.15, 0.2) is 6.29 Å². The number of nitrogens with one attached hydrogen (secondary N) is 7. The van der Waals surface area contributed by atoms with Gasteiger partial charge in [-0.05, 0) is 18.6 Å². The molecule has 59 heavy (non-hydrogen) atoms. The Kier molecular flexibility index (Phi) is 19.3. The first-order chi connectivity index (χ1) is 28.2. The van der Waals surface area contributed by atoms with Crippen LogP contribution in [0.2, 0.25) is 0 Å². The van der Waals surface area contributed by atoms with Crippen LogP contribution in [0.5, 0.6) is 0 Å². The average Bonchev–Trinajstić information content (AvgIpc) is 3.23. The number of ketones is 1. The predicted molar refractivity (Wildman–Crippen MR) is 206 cm³/mol. The molecule has 4 atom stereocenters. The highest BCUT2D eigenvalue weighted by Gasteiger charge is 2.31. The number of nitrogens with zero attached hydrogens (tertiary/aromatic N) is 1. The quantitative estimate of drug-likeness (QED) is 0.0284. The molecule has 0 bridgehead atoms. The van der Waals surface area contributed by atoms with E-state index in [0.717, 1.165) is 0 Å². The standard InChI is InChI=1S/C36H50N10O13/c1-20(48)12-39-28(51)13-40-29(52)14-41-30(53)15-42-35(56)24(18-58-36(59-19-43-57)34(55)26(49)17-47)44-27(50)10-11-31(54)46-16-21-6-2-3-7-22(21)33(45-38)32(37)23-8-4-5-9-25(23)46/h2-9,24,26,34,36,43,45,47,49,55,57H,10-19,37-38H2,1H3,(H,39,51)(H,40,52)(H,41,53)(H,42,56)(H,44,50)/b33-32-. The molecule has 0 saturated heterocycles. The number of nitrogens with two attached hydrogens (primary N) is 2. The summed E-state index contributed by atoms with van der Waals surface area (Å²) in [5.41, 5.74) is 13.9. The Labute approximate surface area is 337 Å². The van der Waals surface area contributed by atoms with Crippen LogP contribution < -0.4 is 54.0 Å². The van der Waals surface area contributed by atoms with Gasteiger partial charge >= 0.3 is 0 Å². The number of carbonyl (C=O) groups is 7. The second-order valence-corrected chi connectivity index (χ2v) is 12.9. The molecule has 23 nitrogen and oxygen atoms in total. The molecule has 2 aromatic rings. The van der Waals surface area contributed by atoms with Crippen molar-refractivity contribution in [1.29, 1.82) is 0 Å². The summed E-state index contributed by atoms with van der Waals surface area (Å²) in [7, 11) is 0. The zero-order chi connectivity index (χ0) is 43.5. The second kappa shape index (κ2) is 24.0. The summed E-state index contributed by atoms with van der Waals surface area (Å²) >= 11 is 0. The largest absolute Gasteiger partial charge is 0.396 e. The monoisotopic (exact) mass is 830 g/mol. The molecular formula is C36H50N10O13. The summed E-state index contributed by atoms with van der Waals surface area (Å²) in [4.78, 5) is 89.1. The van der Waals surface area contributed by atoms with Gasteiger partial charge in [0.2, 0.25) is 35.4 Å². The number of fused-ring (bicyclic) bond motifs is 2. The lowest BCUT2D eigenvalue weighted by Gasteiger charge is -2.30. The highest BCUT2D eigenvalue weighted by Crippen LogP contribution is 2.34. The summed E-state index contributed by atoms with van der Waals surface area (Å²) in [5, 5.41) is 49.9. The van der Waals surface area contributed by atoms with Gasteiger partial charge in [-0.15, -0.1) is 0 Å². The van der Waals surface area contributed by atoms with Crippen LogP contribution in [0.4, 0.5) is 5.69 Å². The Morgan fingerprint density at radius 1 is 0.797 bits per heavy atom. The zero-order valence-corrected chi connectivity index (χ0v) is 32.1. The lowest BCUT2D eigenvalue weighted by Crippen LogP contribution is -2.53. The van der Waals surface area contributed by atoms with Crippen molar-refractivity contribution in [3.63, 3.8) is 0 Å². The first-order valence-electron chi connectivity index (χ1n) is 18.1. The topological polar surface area (TPSA) is 358 Å². The maximum atomic E-state index is 13.8. The molecule has 0 fully saturated rings. The van der Waals surface area contributed by atoms with Gasteiger partial charge < -0.3 is 72.6 Å². The van der Waals surface area contributed by atoms with E-state index in [9.17, 15) is 48.9 Å². The predicted octanol–water partition coefficient (Wildman–Crippen LogP) is -4.89. The molecule has 3 rings (SSSR count). The highest BCUT2D eigenvalue weighted by atomic mass is 16.7. The number of rotatable bonds is 23. The number of Topliss-reactive ketones (excluding diaryl/α,β-unsaturated/α-hetero) is 1. The number of benzene rings is 2. The molecule has 6 amide bonds. The molecular weight excluding hydrogens is 780 g/mol. The molecule has 15 N–H and O–H groups in total. The number of hydroxylamine groups is 1. The van der Waals surface area contributed by atoms with Gasteiger partial charge in [-0.1, -0.05) is 42.5 Å². The molecule has 23 heteroatoms. The van der Waals surface area contributed by atoms with Crippen molar-refractivity contribution in [1.82, 2.24) is 37.5 Å². The minimum Gasteiger partial charge on any atom is -0.396 e. The van der Waals surface area contributed by atoms with Crippen molar-refractivity contribution in [2.75, 3.05) is 51.0 Å². The first kappa shape index (κ1) is 47.3. The van der Waals surface area contributed by atoms with Crippen LogP contribution in [0, 0.1) is 0 Å². The first-order valence-corrected chi connectivity index (χ1v) is 18.1. The van der Waals surface area contributed by atoms with Crippen LogP contribution >= 0.6 is 0 Å². The number of hydrogen-bond acceptors (Lipinski definition) is 17. The molecule has 0 saturated carbocycles. The Morgan fingerprint density at radius 3 is 2.00 bits per heavy atom. The number of amides is 6. The molecule has 322 valence electrons. The van der Waals surface area contributed by atoms with Crippen molar-refractivity contribution >= 4 is 58.3 Å². The van der Waals surface area contributed by atoms with E-state index in [1.165, 1.54) is 11.8 Å². The van der Waals surface area contributed by atoms with E-state index in [1.54, 1.807) is 54.0 Å². The molecule has 1 aliphatic heterocycles. The third-order valence-corrected chi connectivity index (χ3v) is 8.48. The van der Waals surface area contributed by atoms with Crippen LogP contribution in [0.3, 0.4) is 0 Å². The highest BCUT2D eigenvalue weighted by molar-refractivity contribution is 6.02. The average molecular weight is 831 g/mol. The summed E-state index contributed by atoms with van der Waals surface area (Å²) in [6.07, 6.45) is -6.28. The molecule has 0 aromatic heterocycles. The minimum absolute atomic E-state index is 0.0806. The summed E-state index contributed by atoms with van der Waals surface area (Å²) in [6, 6.07) is 12.4. The fourth-order valence-corrected chi connectivity index (χ4v) is 5.46. The molecule has 2 aromatic carbocycles. The third kappa shape index (κ3) is 14.7. The number of aliphatic hydroxyl groups excluding tert-OH is 3. The van der Waals surface area contributed by atoms with Crippen molar-refractivity contribution in [3.05, 3.63) is 65.2 Å². The van der Waals surface area contributed by atoms with Gasteiger partial charge in [0.25, 0.3) is 0 Å². The van der Waals surface area contributed by atoms with Crippen LogP contribution in [0.15, 0.2) is 48.5 Å². The SMILES string of the molecule is CC(=O)CNC(=O)CNC(=O)CNC(=O)CNC(=O)C(COC(OCNO)C(O)C(O)CO)NC(=O)CCC(=O)N1Cc2ccccc2/C(NN)=C(/N)c2ccccc21. The fraction of sp³-hybridized carbons (Fsp3) is 0.417. The Balaban J connectivity index is 1.71. The zero-order valence-electron chi connectivity index (χ0n) is 32.1. The van der Waals surface area contributed by atoms with Crippen molar-refractivity contribution in [2.24, 2.45) is 11.6 Å². The third-order valence-electron chi connectivity index (χ3n) is 8.48. The van der Waals surface area contributed by atoms with E-state index in [4.69, 9.17) is 26.3 Å². The van der Waals surface area contributed by atoms with Gasteiger partial charge in [-0.25, -0.2) is 0 Å². The van der Waals surface area contributed by atoms with Crippen molar-refractivity contribution < 1.29 is 63.6 Å². The van der Waals surface area contributed by atoms with E-state index in [0.29, 0.717) is 28.1 Å². The fourth-order valence-electron chi connectivity index (χ4n) is 5.46. The van der Waals surface area contributed by atoms with E-state index in [2.05, 4.69) is 32.0 Å². The maximum absolute atomic E-state index is 13.8. The van der Waals surface area contributed by atoms with Crippen LogP contribution in [-0.4, -0.2) is 132 Å². The van der Waals surface area contributed by atoms with E-state index in [-0.39, 0.29) is 31.0 Å². The van der Waals surface area contributed by atoms with E-state index < -0.39 is 106 Å². The van der Waals surface area contributed by atoms with Crippen LogP contribution in [0.1, 0.15) is 36.5 Å². The molecule has 4 unspecified atom stereocenters. The number of para-hydroxylation sites is 1. The number of hydrazine groups is 1. The summed E-state index contributed by atoms with van der Waals surface area (Å²) < 4.78 is 10.5. The summed E-state index contributed by atoms with van der Waals surface area (Å²) in [5.74, 6) is 0.976. The Bertz CT molecular complexity index is 1850. The second-order valence-electron chi connectivity index (χ2n) is 12.9. The van der Waals surface area contributed by atoms with E-state index in [1.807, 2.05) is 0 Å². The number of aliphatic hydroxyl groups is 3. The van der Waals surface area contributed by atoms with Crippen LogP contribution in [-0.2, 0) is 49.6 Å². The normalized spacial score (nSPS) is 15.4. The molecule has 1 aliphatic rings. The molecule has 0 spiro atoms.